The first-order valence-corrected chi connectivity index (χ1v) is 6.32. The topological polar surface area (TPSA) is 21.1 Å². The Morgan fingerprint density at radius 1 is 1.21 bits per heavy atom. The van der Waals surface area contributed by atoms with Crippen molar-refractivity contribution >= 4 is 22.6 Å². The maximum atomic E-state index is 4.21. The van der Waals surface area contributed by atoms with Crippen LogP contribution in [-0.2, 0) is 6.54 Å². The Kier molecular flexibility index (Phi) is 3.81. The summed E-state index contributed by atoms with van der Waals surface area (Å²) in [7, 11) is 0. The molecule has 2 rings (SSSR count). The minimum absolute atomic E-state index is 1.08. The molecule has 0 amide bonds. The van der Waals surface area contributed by atoms with Crippen molar-refractivity contribution in [2.45, 2.75) is 25.8 Å². The van der Waals surface area contributed by atoms with Crippen LogP contribution in [-0.4, -0.2) is 34.1 Å². The third kappa shape index (κ3) is 2.95. The highest BCUT2D eigenvalue weighted by Gasteiger charge is 2.09. The van der Waals surface area contributed by atoms with Gasteiger partial charge in [-0.15, -0.1) is 0 Å². The molecule has 0 bridgehead atoms. The molecule has 1 saturated heterocycles. The number of hydrogen-bond acceptors (Lipinski definition) is 2. The maximum absolute atomic E-state index is 4.21. The summed E-state index contributed by atoms with van der Waals surface area (Å²) in [4.78, 5) is 6.76. The standard InChI is InChI=1S/C10H16IN3/c11-10-8-14(9-12-10)7-6-13-4-2-1-3-5-13/h8-9H,1-7H2. The van der Waals surface area contributed by atoms with Crippen molar-refractivity contribution in [3.05, 3.63) is 16.2 Å². The van der Waals surface area contributed by atoms with Gasteiger partial charge in [-0.25, -0.2) is 4.98 Å². The van der Waals surface area contributed by atoms with E-state index >= 15 is 0 Å². The van der Waals surface area contributed by atoms with Gasteiger partial charge in [0.2, 0.25) is 0 Å². The molecule has 1 aromatic rings. The molecule has 1 aliphatic rings. The number of aromatic nitrogens is 2. The van der Waals surface area contributed by atoms with Gasteiger partial charge >= 0.3 is 0 Å². The molecule has 1 aliphatic heterocycles. The molecule has 0 spiro atoms. The minimum Gasteiger partial charge on any atom is -0.335 e. The van der Waals surface area contributed by atoms with Crippen LogP contribution in [0.15, 0.2) is 12.5 Å². The molecule has 3 nitrogen and oxygen atoms in total. The fraction of sp³-hybridized carbons (Fsp3) is 0.700. The highest BCUT2D eigenvalue weighted by atomic mass is 127. The van der Waals surface area contributed by atoms with Crippen molar-refractivity contribution in [1.29, 1.82) is 0 Å². The second-order valence-electron chi connectivity index (χ2n) is 3.84. The van der Waals surface area contributed by atoms with E-state index in [1.54, 1.807) is 0 Å². The Hall–Kier alpha value is -0.100. The van der Waals surface area contributed by atoms with Crippen molar-refractivity contribution < 1.29 is 0 Å². The molecule has 0 aromatic carbocycles. The SMILES string of the molecule is Ic1cn(CCN2CCCCC2)cn1. The Morgan fingerprint density at radius 2 is 2.00 bits per heavy atom. The number of imidazole rings is 1. The first-order valence-electron chi connectivity index (χ1n) is 5.24. The normalized spacial score (nSPS) is 18.6. The molecule has 1 aromatic heterocycles. The molecule has 0 unspecified atom stereocenters. The monoisotopic (exact) mass is 305 g/mol. The van der Waals surface area contributed by atoms with Crippen molar-refractivity contribution in [3.63, 3.8) is 0 Å². The summed E-state index contributed by atoms with van der Waals surface area (Å²) in [5.41, 5.74) is 0. The van der Waals surface area contributed by atoms with Gasteiger partial charge < -0.3 is 9.47 Å². The van der Waals surface area contributed by atoms with Crippen molar-refractivity contribution in [1.82, 2.24) is 14.5 Å². The van der Waals surface area contributed by atoms with E-state index in [4.69, 9.17) is 0 Å². The summed E-state index contributed by atoms with van der Waals surface area (Å²) < 4.78 is 3.26. The molecule has 0 saturated carbocycles. The minimum atomic E-state index is 1.08. The van der Waals surface area contributed by atoms with Crippen LogP contribution in [0, 0.1) is 3.70 Å². The van der Waals surface area contributed by atoms with Gasteiger partial charge in [-0.05, 0) is 48.5 Å². The van der Waals surface area contributed by atoms with E-state index in [1.165, 1.54) is 38.9 Å². The fourth-order valence-corrected chi connectivity index (χ4v) is 2.38. The van der Waals surface area contributed by atoms with Crippen LogP contribution in [0.2, 0.25) is 0 Å². The van der Waals surface area contributed by atoms with E-state index in [0.717, 1.165) is 10.2 Å². The fourth-order valence-electron chi connectivity index (χ4n) is 1.89. The number of nitrogens with zero attached hydrogens (tertiary/aromatic N) is 3. The third-order valence-corrected chi connectivity index (χ3v) is 3.28. The smallest absolute Gasteiger partial charge is 0.119 e. The third-order valence-electron chi connectivity index (χ3n) is 2.72. The summed E-state index contributed by atoms with van der Waals surface area (Å²) in [6, 6.07) is 0. The zero-order chi connectivity index (χ0) is 9.80. The van der Waals surface area contributed by atoms with E-state index in [-0.39, 0.29) is 0 Å². The molecule has 14 heavy (non-hydrogen) atoms. The van der Waals surface area contributed by atoms with E-state index in [0.29, 0.717) is 0 Å². The van der Waals surface area contributed by atoms with Gasteiger partial charge in [0.05, 0.1) is 6.33 Å². The molecule has 78 valence electrons. The molecule has 1 fully saturated rings. The van der Waals surface area contributed by atoms with E-state index in [2.05, 4.69) is 43.2 Å². The van der Waals surface area contributed by atoms with Crippen molar-refractivity contribution in [2.75, 3.05) is 19.6 Å². The molecular weight excluding hydrogens is 289 g/mol. The van der Waals surface area contributed by atoms with Gasteiger partial charge in [-0.3, -0.25) is 0 Å². The average molecular weight is 305 g/mol. The summed E-state index contributed by atoms with van der Waals surface area (Å²) >= 11 is 2.25. The first kappa shape index (κ1) is 10.4. The number of piperidine rings is 1. The lowest BCUT2D eigenvalue weighted by Gasteiger charge is -2.26. The van der Waals surface area contributed by atoms with E-state index in [9.17, 15) is 0 Å². The van der Waals surface area contributed by atoms with Crippen LogP contribution < -0.4 is 0 Å². The van der Waals surface area contributed by atoms with E-state index in [1.807, 2.05) is 6.33 Å². The quantitative estimate of drug-likeness (QED) is 0.796. The molecule has 4 heteroatoms. The lowest BCUT2D eigenvalue weighted by atomic mass is 10.1. The number of halogens is 1. The van der Waals surface area contributed by atoms with Crippen molar-refractivity contribution in [3.8, 4) is 0 Å². The van der Waals surface area contributed by atoms with Crippen LogP contribution in [0.3, 0.4) is 0 Å². The van der Waals surface area contributed by atoms with Gasteiger partial charge in [-0.1, -0.05) is 6.42 Å². The Bertz CT molecular complexity index is 279. The summed E-state index contributed by atoms with van der Waals surface area (Å²) in [6.45, 7) is 4.82. The predicted molar refractivity (Wildman–Crippen MR) is 65.2 cm³/mol. The van der Waals surface area contributed by atoms with Crippen LogP contribution in [0.1, 0.15) is 19.3 Å². The van der Waals surface area contributed by atoms with Crippen LogP contribution in [0.5, 0.6) is 0 Å². The summed E-state index contributed by atoms with van der Waals surface area (Å²) in [5.74, 6) is 0. The van der Waals surface area contributed by atoms with Gasteiger partial charge in [-0.2, -0.15) is 0 Å². The molecular formula is C10H16IN3. The molecule has 0 N–H and O–H groups in total. The predicted octanol–water partition coefficient (Wildman–Crippen LogP) is 1.97. The molecule has 0 aliphatic carbocycles. The summed E-state index contributed by atoms with van der Waals surface area (Å²) in [6.07, 6.45) is 8.19. The van der Waals surface area contributed by atoms with E-state index < -0.39 is 0 Å². The first-order chi connectivity index (χ1) is 6.84. The largest absolute Gasteiger partial charge is 0.335 e. The Labute approximate surface area is 98.6 Å². The van der Waals surface area contributed by atoms with Crippen molar-refractivity contribution in [2.24, 2.45) is 0 Å². The molecule has 0 radical (unpaired) electrons. The van der Waals surface area contributed by atoms with Crippen LogP contribution in [0.25, 0.3) is 0 Å². The van der Waals surface area contributed by atoms with Gasteiger partial charge in [0, 0.05) is 19.3 Å². The zero-order valence-corrected chi connectivity index (χ0v) is 10.5. The second kappa shape index (κ2) is 5.11. The lowest BCUT2D eigenvalue weighted by molar-refractivity contribution is 0.221. The highest BCUT2D eigenvalue weighted by Crippen LogP contribution is 2.08. The lowest BCUT2D eigenvalue weighted by Crippen LogP contribution is -2.32. The second-order valence-corrected chi connectivity index (χ2v) is 4.94. The average Bonchev–Trinajstić information content (AvgIpc) is 2.63. The number of hydrogen-bond donors (Lipinski definition) is 0. The zero-order valence-electron chi connectivity index (χ0n) is 8.32. The van der Waals surface area contributed by atoms with Gasteiger partial charge in [0.25, 0.3) is 0 Å². The number of likely N-dealkylation sites (tertiary alicyclic amines) is 1. The Balaban J connectivity index is 1.76. The summed E-state index contributed by atoms with van der Waals surface area (Å²) in [5, 5.41) is 0. The number of rotatable bonds is 3. The highest BCUT2D eigenvalue weighted by molar-refractivity contribution is 14.1. The maximum Gasteiger partial charge on any atom is 0.119 e. The molecule has 0 atom stereocenters. The van der Waals surface area contributed by atoms with Gasteiger partial charge in [0.1, 0.15) is 3.70 Å². The van der Waals surface area contributed by atoms with Gasteiger partial charge in [0.15, 0.2) is 0 Å². The van der Waals surface area contributed by atoms with Crippen LogP contribution in [0.4, 0.5) is 0 Å². The molecule has 2 heterocycles. The van der Waals surface area contributed by atoms with Crippen LogP contribution >= 0.6 is 22.6 Å². The Morgan fingerprint density at radius 3 is 2.64 bits per heavy atom.